The number of nitrogens with one attached hydrogen (secondary N) is 1. The van der Waals surface area contributed by atoms with E-state index in [2.05, 4.69) is 5.32 Å². The zero-order chi connectivity index (χ0) is 18.3. The van der Waals surface area contributed by atoms with Crippen molar-refractivity contribution in [2.24, 2.45) is 0 Å². The molecule has 0 saturated carbocycles. The largest absolute Gasteiger partial charge is 0.496 e. The minimum Gasteiger partial charge on any atom is -0.496 e. The molecule has 0 fully saturated rings. The predicted octanol–water partition coefficient (Wildman–Crippen LogP) is 2.85. The Labute approximate surface area is 148 Å². The zero-order valence-electron chi connectivity index (χ0n) is 14.5. The number of para-hydroxylation sites is 1. The van der Waals surface area contributed by atoms with E-state index < -0.39 is 9.84 Å². The summed E-state index contributed by atoms with van der Waals surface area (Å²) in [6.07, 6.45) is 1.10. The van der Waals surface area contributed by atoms with Crippen LogP contribution in [-0.4, -0.2) is 33.7 Å². The molecule has 1 N–H and O–H groups in total. The summed E-state index contributed by atoms with van der Waals surface area (Å²) >= 11 is 0. The number of rotatable bonds is 8. The Bertz CT molecular complexity index is 831. The van der Waals surface area contributed by atoms with Crippen LogP contribution in [0.5, 0.6) is 5.75 Å². The van der Waals surface area contributed by atoms with Crippen LogP contribution in [-0.2, 0) is 16.3 Å². The van der Waals surface area contributed by atoms with E-state index >= 15 is 0 Å². The number of ether oxygens (including phenoxy) is 1. The molecule has 0 radical (unpaired) electrons. The van der Waals surface area contributed by atoms with Crippen LogP contribution < -0.4 is 10.1 Å². The molecule has 0 spiro atoms. The fourth-order valence-electron chi connectivity index (χ4n) is 2.62. The normalized spacial score (nSPS) is 11.1. The summed E-state index contributed by atoms with van der Waals surface area (Å²) in [5, 5.41) is 2.79. The van der Waals surface area contributed by atoms with Crippen LogP contribution >= 0.6 is 0 Å². The van der Waals surface area contributed by atoms with E-state index in [4.69, 9.17) is 4.74 Å². The second-order valence-electron chi connectivity index (χ2n) is 5.63. The number of benzene rings is 2. The Morgan fingerprint density at radius 2 is 1.76 bits per heavy atom. The van der Waals surface area contributed by atoms with Gasteiger partial charge in [0.1, 0.15) is 5.75 Å². The lowest BCUT2D eigenvalue weighted by Crippen LogP contribution is -2.27. The van der Waals surface area contributed by atoms with Gasteiger partial charge in [-0.05, 0) is 36.6 Å². The van der Waals surface area contributed by atoms with Crippen LogP contribution in [0.4, 0.5) is 0 Å². The zero-order valence-corrected chi connectivity index (χ0v) is 15.3. The van der Waals surface area contributed by atoms with E-state index in [1.165, 1.54) is 6.07 Å². The molecule has 2 aromatic rings. The highest BCUT2D eigenvalue weighted by atomic mass is 32.2. The molecule has 6 heteroatoms. The molecular weight excluding hydrogens is 338 g/mol. The average Bonchev–Trinajstić information content (AvgIpc) is 2.62. The van der Waals surface area contributed by atoms with Crippen LogP contribution in [0.15, 0.2) is 53.4 Å². The van der Waals surface area contributed by atoms with E-state index in [1.807, 2.05) is 24.3 Å². The van der Waals surface area contributed by atoms with Gasteiger partial charge in [-0.15, -0.1) is 0 Å². The summed E-state index contributed by atoms with van der Waals surface area (Å²) in [4.78, 5) is 12.5. The molecule has 5 nitrogen and oxygen atoms in total. The summed E-state index contributed by atoms with van der Waals surface area (Å²) in [5.41, 5.74) is 1.17. The maximum Gasteiger partial charge on any atom is 0.252 e. The van der Waals surface area contributed by atoms with Crippen molar-refractivity contribution in [3.8, 4) is 5.75 Å². The minimum atomic E-state index is -3.45. The van der Waals surface area contributed by atoms with E-state index in [0.29, 0.717) is 19.4 Å². The Balaban J connectivity index is 2.09. The second-order valence-corrected chi connectivity index (χ2v) is 7.71. The Kier molecular flexibility index (Phi) is 6.58. The molecule has 0 heterocycles. The van der Waals surface area contributed by atoms with Crippen LogP contribution in [0, 0.1) is 0 Å². The fraction of sp³-hybridized carbons (Fsp3) is 0.316. The first-order chi connectivity index (χ1) is 12.0. The quantitative estimate of drug-likeness (QED) is 0.785. The minimum absolute atomic E-state index is 0.0263. The molecule has 0 aliphatic carbocycles. The van der Waals surface area contributed by atoms with Crippen LogP contribution in [0.2, 0.25) is 0 Å². The Morgan fingerprint density at radius 1 is 1.08 bits per heavy atom. The van der Waals surface area contributed by atoms with E-state index in [-0.39, 0.29) is 22.1 Å². The molecule has 0 aliphatic heterocycles. The van der Waals surface area contributed by atoms with Gasteiger partial charge >= 0.3 is 0 Å². The summed E-state index contributed by atoms with van der Waals surface area (Å²) in [6.45, 7) is 2.19. The van der Waals surface area contributed by atoms with Gasteiger partial charge in [0.05, 0.1) is 23.3 Å². The third-order valence-corrected chi connectivity index (χ3v) is 5.78. The number of hydrogen-bond acceptors (Lipinski definition) is 4. The van der Waals surface area contributed by atoms with Crippen LogP contribution in [0.1, 0.15) is 29.3 Å². The summed E-state index contributed by atoms with van der Waals surface area (Å²) in [6, 6.07) is 13.9. The van der Waals surface area contributed by atoms with Gasteiger partial charge in [-0.2, -0.15) is 0 Å². The Morgan fingerprint density at radius 3 is 2.48 bits per heavy atom. The number of carbonyl (C=O) groups is 1. The molecule has 134 valence electrons. The summed E-state index contributed by atoms with van der Waals surface area (Å²) < 4.78 is 30.0. The first kappa shape index (κ1) is 19.0. The van der Waals surface area contributed by atoms with Gasteiger partial charge in [0, 0.05) is 6.54 Å². The smallest absolute Gasteiger partial charge is 0.252 e. The van der Waals surface area contributed by atoms with Crippen molar-refractivity contribution < 1.29 is 17.9 Å². The standard InChI is InChI=1S/C19H23NO4S/c1-3-14-25(22,23)18-11-7-5-9-16(18)19(21)20-13-12-15-8-4-6-10-17(15)24-2/h4-11H,3,12-14H2,1-2H3,(H,20,21). The first-order valence-corrected chi connectivity index (χ1v) is 9.86. The lowest BCUT2D eigenvalue weighted by atomic mass is 10.1. The lowest BCUT2D eigenvalue weighted by molar-refractivity contribution is 0.0950. The van der Waals surface area contributed by atoms with Crippen molar-refractivity contribution in [1.29, 1.82) is 0 Å². The van der Waals surface area contributed by atoms with Gasteiger partial charge < -0.3 is 10.1 Å². The summed E-state index contributed by atoms with van der Waals surface area (Å²) in [7, 11) is -1.85. The number of hydrogen-bond donors (Lipinski definition) is 1. The molecule has 0 bridgehead atoms. The molecule has 2 aromatic carbocycles. The van der Waals surface area contributed by atoms with Crippen LogP contribution in [0.25, 0.3) is 0 Å². The van der Waals surface area contributed by atoms with Crippen molar-refractivity contribution in [3.63, 3.8) is 0 Å². The molecule has 0 aromatic heterocycles. The number of sulfone groups is 1. The maximum absolute atomic E-state index is 12.5. The molecule has 0 saturated heterocycles. The van der Waals surface area contributed by atoms with E-state index in [9.17, 15) is 13.2 Å². The van der Waals surface area contributed by atoms with E-state index in [1.54, 1.807) is 32.2 Å². The molecule has 0 unspecified atom stereocenters. The average molecular weight is 361 g/mol. The topological polar surface area (TPSA) is 72.5 Å². The first-order valence-electron chi connectivity index (χ1n) is 8.21. The summed E-state index contributed by atoms with van der Waals surface area (Å²) in [5.74, 6) is 0.409. The Hall–Kier alpha value is -2.34. The molecule has 2 rings (SSSR count). The number of amides is 1. The van der Waals surface area contributed by atoms with E-state index in [0.717, 1.165) is 11.3 Å². The lowest BCUT2D eigenvalue weighted by Gasteiger charge is -2.11. The van der Waals surface area contributed by atoms with Crippen LogP contribution in [0.3, 0.4) is 0 Å². The van der Waals surface area contributed by atoms with Crippen molar-refractivity contribution in [2.75, 3.05) is 19.4 Å². The number of carbonyl (C=O) groups excluding carboxylic acids is 1. The predicted molar refractivity (Wildman–Crippen MR) is 97.8 cm³/mol. The molecule has 0 aliphatic rings. The monoisotopic (exact) mass is 361 g/mol. The SMILES string of the molecule is CCCS(=O)(=O)c1ccccc1C(=O)NCCc1ccccc1OC. The maximum atomic E-state index is 12.5. The molecule has 1 amide bonds. The molecule has 0 atom stereocenters. The highest BCUT2D eigenvalue weighted by Gasteiger charge is 2.21. The van der Waals surface area contributed by atoms with Gasteiger partial charge in [-0.1, -0.05) is 37.3 Å². The third-order valence-electron chi connectivity index (χ3n) is 3.81. The highest BCUT2D eigenvalue weighted by Crippen LogP contribution is 2.19. The number of methoxy groups -OCH3 is 1. The van der Waals surface area contributed by atoms with Gasteiger partial charge in [-0.25, -0.2) is 8.42 Å². The van der Waals surface area contributed by atoms with Gasteiger partial charge in [0.25, 0.3) is 5.91 Å². The third kappa shape index (κ3) is 4.82. The molecular formula is C19H23NO4S. The van der Waals surface area contributed by atoms with Crippen molar-refractivity contribution >= 4 is 15.7 Å². The van der Waals surface area contributed by atoms with Gasteiger partial charge in [-0.3, -0.25) is 4.79 Å². The fourth-order valence-corrected chi connectivity index (χ4v) is 4.16. The van der Waals surface area contributed by atoms with Crippen molar-refractivity contribution in [3.05, 3.63) is 59.7 Å². The van der Waals surface area contributed by atoms with Gasteiger partial charge in [0.15, 0.2) is 9.84 Å². The highest BCUT2D eigenvalue weighted by molar-refractivity contribution is 7.91. The molecule has 25 heavy (non-hydrogen) atoms. The second kappa shape index (κ2) is 8.67. The van der Waals surface area contributed by atoms with Crippen molar-refractivity contribution in [2.45, 2.75) is 24.7 Å². The van der Waals surface area contributed by atoms with Crippen molar-refractivity contribution in [1.82, 2.24) is 5.32 Å². The van der Waals surface area contributed by atoms with Gasteiger partial charge in [0.2, 0.25) is 0 Å².